The van der Waals surface area contributed by atoms with Crippen molar-refractivity contribution < 1.29 is 4.79 Å². The molecule has 0 aliphatic heterocycles. The molecule has 2 nitrogen and oxygen atoms in total. The molecule has 2 aliphatic rings. The zero-order valence-corrected chi connectivity index (χ0v) is 6.68. The van der Waals surface area contributed by atoms with Crippen molar-refractivity contribution >= 4 is 6.29 Å². The third kappa shape index (κ3) is 1.32. The first-order valence-electron chi connectivity index (χ1n) is 4.48. The van der Waals surface area contributed by atoms with E-state index in [1.54, 1.807) is 0 Å². The van der Waals surface area contributed by atoms with Gasteiger partial charge < -0.3 is 5.32 Å². The van der Waals surface area contributed by atoms with Gasteiger partial charge in [-0.25, -0.2) is 0 Å². The highest BCUT2D eigenvalue weighted by molar-refractivity contribution is 5.53. The van der Waals surface area contributed by atoms with Crippen molar-refractivity contribution in [1.29, 1.82) is 0 Å². The van der Waals surface area contributed by atoms with Gasteiger partial charge in [-0.3, -0.25) is 4.79 Å². The largest absolute Gasteiger partial charge is 0.307 e. The van der Waals surface area contributed by atoms with Crippen LogP contribution in [-0.4, -0.2) is 18.9 Å². The molecular formula is C9H14NO. The van der Waals surface area contributed by atoms with Crippen molar-refractivity contribution in [3.8, 4) is 0 Å². The highest BCUT2D eigenvalue weighted by atomic mass is 16.1. The summed E-state index contributed by atoms with van der Waals surface area (Å²) in [6, 6.07) is 0.634. The van der Waals surface area contributed by atoms with E-state index in [9.17, 15) is 4.79 Å². The van der Waals surface area contributed by atoms with Gasteiger partial charge in [0, 0.05) is 6.04 Å². The lowest BCUT2D eigenvalue weighted by molar-refractivity contribution is 0.363. The number of fused-ring (bicyclic) bond motifs is 2. The lowest BCUT2D eigenvalue weighted by atomic mass is 9.95. The zero-order valence-electron chi connectivity index (χ0n) is 6.68. The summed E-state index contributed by atoms with van der Waals surface area (Å²) in [7, 11) is 0. The van der Waals surface area contributed by atoms with Crippen molar-refractivity contribution in [2.45, 2.75) is 31.7 Å². The molecule has 2 bridgehead atoms. The summed E-state index contributed by atoms with van der Waals surface area (Å²) in [6.45, 7) is 0.424. The van der Waals surface area contributed by atoms with Crippen LogP contribution in [0.5, 0.6) is 0 Å². The number of hydrogen-bond acceptors (Lipinski definition) is 2. The van der Waals surface area contributed by atoms with Crippen molar-refractivity contribution in [3.63, 3.8) is 0 Å². The Labute approximate surface area is 67.4 Å². The van der Waals surface area contributed by atoms with Gasteiger partial charge in [-0.2, -0.15) is 0 Å². The van der Waals surface area contributed by atoms with Crippen molar-refractivity contribution in [3.05, 3.63) is 0 Å². The zero-order chi connectivity index (χ0) is 7.68. The lowest BCUT2D eigenvalue weighted by Gasteiger charge is -2.21. The normalized spacial score (nSPS) is 41.3. The molecule has 3 unspecified atom stereocenters. The molecule has 0 amide bonds. The van der Waals surface area contributed by atoms with Gasteiger partial charge in [-0.15, -0.1) is 0 Å². The average Bonchev–Trinajstić information content (AvgIpc) is 2.60. The summed E-state index contributed by atoms with van der Waals surface area (Å²) in [4.78, 5) is 9.98. The molecule has 0 aromatic carbocycles. The van der Waals surface area contributed by atoms with E-state index in [0.717, 1.165) is 11.8 Å². The van der Waals surface area contributed by atoms with Gasteiger partial charge in [-0.1, -0.05) is 6.42 Å². The van der Waals surface area contributed by atoms with Gasteiger partial charge in [0.2, 0.25) is 6.29 Å². The predicted molar refractivity (Wildman–Crippen MR) is 42.9 cm³/mol. The SMILES string of the molecule is O=[C]CNC1CC2CCC1C2. The van der Waals surface area contributed by atoms with Crippen LogP contribution in [-0.2, 0) is 4.79 Å². The molecular weight excluding hydrogens is 138 g/mol. The summed E-state index contributed by atoms with van der Waals surface area (Å²) in [5.74, 6) is 1.83. The van der Waals surface area contributed by atoms with Crippen LogP contribution in [0.1, 0.15) is 25.7 Å². The fourth-order valence-corrected chi connectivity index (χ4v) is 2.67. The number of carbonyl (C=O) groups excluding carboxylic acids is 1. The van der Waals surface area contributed by atoms with Gasteiger partial charge in [0.1, 0.15) is 0 Å². The Balaban J connectivity index is 1.83. The molecule has 0 aromatic rings. The van der Waals surface area contributed by atoms with E-state index in [0.29, 0.717) is 12.6 Å². The van der Waals surface area contributed by atoms with E-state index in [1.807, 2.05) is 6.29 Å². The molecule has 1 N–H and O–H groups in total. The van der Waals surface area contributed by atoms with E-state index in [-0.39, 0.29) is 0 Å². The molecule has 3 atom stereocenters. The minimum absolute atomic E-state index is 0.424. The Morgan fingerprint density at radius 3 is 2.82 bits per heavy atom. The van der Waals surface area contributed by atoms with Crippen molar-refractivity contribution in [1.82, 2.24) is 5.32 Å². The average molecular weight is 152 g/mol. The Bertz CT molecular complexity index is 158. The summed E-state index contributed by atoms with van der Waals surface area (Å²) >= 11 is 0. The fourth-order valence-electron chi connectivity index (χ4n) is 2.67. The maximum Gasteiger partial charge on any atom is 0.213 e. The molecule has 2 rings (SSSR count). The quantitative estimate of drug-likeness (QED) is 0.650. The monoisotopic (exact) mass is 152 g/mol. The number of hydrogen-bond donors (Lipinski definition) is 1. The van der Waals surface area contributed by atoms with Gasteiger partial charge in [-0.05, 0) is 31.1 Å². The summed E-state index contributed by atoms with van der Waals surface area (Å²) in [5.41, 5.74) is 0. The van der Waals surface area contributed by atoms with Crippen LogP contribution in [0.15, 0.2) is 0 Å². The topological polar surface area (TPSA) is 29.1 Å². The van der Waals surface area contributed by atoms with E-state index >= 15 is 0 Å². The van der Waals surface area contributed by atoms with Gasteiger partial charge >= 0.3 is 0 Å². The Kier molecular flexibility index (Phi) is 1.95. The van der Waals surface area contributed by atoms with Crippen LogP contribution >= 0.6 is 0 Å². The summed E-state index contributed by atoms with van der Waals surface area (Å²) in [5, 5.41) is 3.24. The first-order valence-corrected chi connectivity index (χ1v) is 4.48. The van der Waals surface area contributed by atoms with Gasteiger partial charge in [0.05, 0.1) is 6.54 Å². The predicted octanol–water partition coefficient (Wildman–Crippen LogP) is 0.874. The van der Waals surface area contributed by atoms with E-state index < -0.39 is 0 Å². The number of rotatable bonds is 3. The molecule has 0 spiro atoms. The smallest absolute Gasteiger partial charge is 0.213 e. The molecule has 0 aromatic heterocycles. The maximum atomic E-state index is 9.98. The molecule has 2 fully saturated rings. The second-order valence-corrected chi connectivity index (χ2v) is 3.81. The Morgan fingerprint density at radius 2 is 2.27 bits per heavy atom. The summed E-state index contributed by atoms with van der Waals surface area (Å²) < 4.78 is 0. The van der Waals surface area contributed by atoms with Crippen LogP contribution in [0.2, 0.25) is 0 Å². The molecule has 0 saturated heterocycles. The third-order valence-corrected chi connectivity index (χ3v) is 3.17. The number of nitrogens with one attached hydrogen (secondary N) is 1. The second-order valence-electron chi connectivity index (χ2n) is 3.81. The highest BCUT2D eigenvalue weighted by Crippen LogP contribution is 2.44. The minimum Gasteiger partial charge on any atom is -0.307 e. The molecule has 2 aliphatic carbocycles. The van der Waals surface area contributed by atoms with E-state index in [1.165, 1.54) is 25.7 Å². The van der Waals surface area contributed by atoms with Crippen LogP contribution in [0.3, 0.4) is 0 Å². The molecule has 0 heterocycles. The lowest BCUT2D eigenvalue weighted by Crippen LogP contribution is -2.34. The molecule has 11 heavy (non-hydrogen) atoms. The van der Waals surface area contributed by atoms with Gasteiger partial charge in [0.15, 0.2) is 0 Å². The van der Waals surface area contributed by atoms with Crippen LogP contribution in [0.4, 0.5) is 0 Å². The Hall–Kier alpha value is -0.370. The molecule has 2 saturated carbocycles. The van der Waals surface area contributed by atoms with Crippen LogP contribution in [0.25, 0.3) is 0 Å². The van der Waals surface area contributed by atoms with Crippen LogP contribution < -0.4 is 5.32 Å². The minimum atomic E-state index is 0.424. The first kappa shape index (κ1) is 7.29. The standard InChI is InChI=1S/C9H14NO/c11-4-3-10-9-6-7-1-2-8(9)5-7/h7-10H,1-3,5-6H2. The fraction of sp³-hybridized carbons (Fsp3) is 0.889. The summed E-state index contributed by atoms with van der Waals surface area (Å²) in [6.07, 6.45) is 7.39. The molecule has 61 valence electrons. The Morgan fingerprint density at radius 1 is 1.36 bits per heavy atom. The highest BCUT2D eigenvalue weighted by Gasteiger charge is 2.38. The third-order valence-electron chi connectivity index (χ3n) is 3.17. The van der Waals surface area contributed by atoms with Crippen molar-refractivity contribution in [2.75, 3.05) is 6.54 Å². The van der Waals surface area contributed by atoms with E-state index in [4.69, 9.17) is 0 Å². The first-order chi connectivity index (χ1) is 5.40. The molecule has 2 heteroatoms. The van der Waals surface area contributed by atoms with Gasteiger partial charge in [0.25, 0.3) is 0 Å². The van der Waals surface area contributed by atoms with E-state index in [2.05, 4.69) is 5.32 Å². The maximum absolute atomic E-state index is 9.98. The second kappa shape index (κ2) is 2.94. The van der Waals surface area contributed by atoms with Crippen molar-refractivity contribution in [2.24, 2.45) is 11.8 Å². The molecule has 1 radical (unpaired) electrons. The van der Waals surface area contributed by atoms with Crippen LogP contribution in [0, 0.1) is 11.8 Å².